The Hall–Kier alpha value is -0.540. The molecule has 0 aliphatic rings. The van der Waals surface area contributed by atoms with E-state index in [0.717, 1.165) is 22.9 Å². The van der Waals surface area contributed by atoms with Crippen LogP contribution in [0.5, 0.6) is 0 Å². The summed E-state index contributed by atoms with van der Waals surface area (Å²) in [6, 6.07) is 6.58. The highest BCUT2D eigenvalue weighted by molar-refractivity contribution is 9.10. The zero-order valence-electron chi connectivity index (χ0n) is 10.2. The van der Waals surface area contributed by atoms with Crippen molar-refractivity contribution in [3.63, 3.8) is 0 Å². The number of anilines is 1. The monoisotopic (exact) mass is 285 g/mol. The van der Waals surface area contributed by atoms with E-state index in [9.17, 15) is 0 Å². The topological polar surface area (TPSA) is 23.5 Å². The standard InChI is InChI=1S/C13H20BrNO/c1-4-11(5-2)15(3)13-7-6-10(9-16)8-12(13)14/h6-8,11,16H,4-5,9H2,1-3H3. The van der Waals surface area contributed by atoms with Crippen LogP contribution in [0.2, 0.25) is 0 Å². The molecule has 0 radical (unpaired) electrons. The highest BCUT2D eigenvalue weighted by Crippen LogP contribution is 2.29. The lowest BCUT2D eigenvalue weighted by Crippen LogP contribution is -2.30. The van der Waals surface area contributed by atoms with Crippen LogP contribution in [0.4, 0.5) is 5.69 Å². The van der Waals surface area contributed by atoms with Crippen molar-refractivity contribution in [2.75, 3.05) is 11.9 Å². The maximum Gasteiger partial charge on any atom is 0.0682 e. The number of aliphatic hydroxyl groups is 1. The second kappa shape index (κ2) is 6.26. The van der Waals surface area contributed by atoms with Gasteiger partial charge in [0, 0.05) is 17.6 Å². The minimum atomic E-state index is 0.0909. The normalized spacial score (nSPS) is 10.9. The van der Waals surface area contributed by atoms with Gasteiger partial charge in [-0.15, -0.1) is 0 Å². The molecule has 3 heteroatoms. The van der Waals surface area contributed by atoms with E-state index in [4.69, 9.17) is 5.11 Å². The average molecular weight is 286 g/mol. The molecule has 1 rings (SSSR count). The smallest absolute Gasteiger partial charge is 0.0682 e. The highest BCUT2D eigenvalue weighted by atomic mass is 79.9. The van der Waals surface area contributed by atoms with Crippen LogP contribution in [0.3, 0.4) is 0 Å². The number of hydrogen-bond donors (Lipinski definition) is 1. The molecule has 0 amide bonds. The first kappa shape index (κ1) is 13.5. The van der Waals surface area contributed by atoms with E-state index < -0.39 is 0 Å². The zero-order chi connectivity index (χ0) is 12.1. The van der Waals surface area contributed by atoms with Gasteiger partial charge < -0.3 is 10.0 Å². The van der Waals surface area contributed by atoms with Gasteiger partial charge in [-0.05, 0) is 46.5 Å². The first-order valence-corrected chi connectivity index (χ1v) is 6.55. The number of rotatable bonds is 5. The van der Waals surface area contributed by atoms with Crippen LogP contribution in [0.15, 0.2) is 22.7 Å². The Morgan fingerprint density at radius 3 is 2.38 bits per heavy atom. The Morgan fingerprint density at radius 2 is 1.94 bits per heavy atom. The largest absolute Gasteiger partial charge is 0.392 e. The molecule has 90 valence electrons. The van der Waals surface area contributed by atoms with Gasteiger partial charge in [-0.2, -0.15) is 0 Å². The molecule has 0 heterocycles. The Morgan fingerprint density at radius 1 is 1.31 bits per heavy atom. The third-order valence-corrected chi connectivity index (χ3v) is 3.70. The molecule has 0 fully saturated rings. The van der Waals surface area contributed by atoms with Crippen molar-refractivity contribution in [2.45, 2.75) is 39.3 Å². The van der Waals surface area contributed by atoms with Crippen LogP contribution >= 0.6 is 15.9 Å². The molecule has 16 heavy (non-hydrogen) atoms. The van der Waals surface area contributed by atoms with E-state index in [1.54, 1.807) is 0 Å². The van der Waals surface area contributed by atoms with Crippen LogP contribution in [0, 0.1) is 0 Å². The van der Waals surface area contributed by atoms with Gasteiger partial charge in [0.05, 0.1) is 12.3 Å². The number of benzene rings is 1. The third-order valence-electron chi connectivity index (χ3n) is 3.06. The average Bonchev–Trinajstić information content (AvgIpc) is 2.30. The number of hydrogen-bond acceptors (Lipinski definition) is 2. The molecule has 0 saturated carbocycles. The quantitative estimate of drug-likeness (QED) is 0.894. The summed E-state index contributed by atoms with van der Waals surface area (Å²) in [6.45, 7) is 4.51. The van der Waals surface area contributed by atoms with Crippen molar-refractivity contribution in [3.8, 4) is 0 Å². The molecule has 0 atom stereocenters. The van der Waals surface area contributed by atoms with E-state index in [0.29, 0.717) is 6.04 Å². The fourth-order valence-electron chi connectivity index (χ4n) is 1.97. The molecule has 0 bridgehead atoms. The van der Waals surface area contributed by atoms with Gasteiger partial charge in [0.25, 0.3) is 0 Å². The predicted octanol–water partition coefficient (Wildman–Crippen LogP) is 3.57. The SMILES string of the molecule is CCC(CC)N(C)c1ccc(CO)cc1Br. The fourth-order valence-corrected chi connectivity index (χ4v) is 2.67. The minimum absolute atomic E-state index is 0.0909. The highest BCUT2D eigenvalue weighted by Gasteiger charge is 2.13. The molecule has 1 aromatic rings. The number of nitrogens with zero attached hydrogens (tertiary/aromatic N) is 1. The van der Waals surface area contributed by atoms with Crippen molar-refractivity contribution >= 4 is 21.6 Å². The lowest BCUT2D eigenvalue weighted by Gasteiger charge is -2.29. The van der Waals surface area contributed by atoms with Gasteiger partial charge in [-0.25, -0.2) is 0 Å². The summed E-state index contributed by atoms with van der Waals surface area (Å²) in [4.78, 5) is 2.30. The molecule has 0 spiro atoms. The maximum absolute atomic E-state index is 9.06. The van der Waals surface area contributed by atoms with Crippen LogP contribution in [-0.2, 0) is 6.61 Å². The second-order valence-corrected chi connectivity index (χ2v) is 4.88. The van der Waals surface area contributed by atoms with Crippen LogP contribution < -0.4 is 4.90 Å². The summed E-state index contributed by atoms with van der Waals surface area (Å²) in [5.74, 6) is 0. The summed E-state index contributed by atoms with van der Waals surface area (Å²) in [5.41, 5.74) is 2.12. The van der Waals surface area contributed by atoms with Crippen molar-refractivity contribution in [2.24, 2.45) is 0 Å². The van der Waals surface area contributed by atoms with Crippen molar-refractivity contribution < 1.29 is 5.11 Å². The molecule has 0 aromatic heterocycles. The van der Waals surface area contributed by atoms with E-state index in [2.05, 4.69) is 47.8 Å². The van der Waals surface area contributed by atoms with Crippen molar-refractivity contribution in [1.82, 2.24) is 0 Å². The molecule has 2 nitrogen and oxygen atoms in total. The predicted molar refractivity (Wildman–Crippen MR) is 72.8 cm³/mol. The number of halogens is 1. The third kappa shape index (κ3) is 2.98. The van der Waals surface area contributed by atoms with E-state index in [-0.39, 0.29) is 6.61 Å². The molecular weight excluding hydrogens is 266 g/mol. The number of aliphatic hydroxyl groups excluding tert-OH is 1. The molecule has 0 unspecified atom stereocenters. The summed E-state index contributed by atoms with van der Waals surface area (Å²) < 4.78 is 1.05. The summed E-state index contributed by atoms with van der Waals surface area (Å²) in [5, 5.41) is 9.06. The zero-order valence-corrected chi connectivity index (χ0v) is 11.8. The first-order chi connectivity index (χ1) is 7.63. The Bertz CT molecular complexity index is 337. The van der Waals surface area contributed by atoms with Crippen LogP contribution in [0.1, 0.15) is 32.3 Å². The van der Waals surface area contributed by atoms with E-state index in [1.165, 1.54) is 5.69 Å². The minimum Gasteiger partial charge on any atom is -0.392 e. The fraction of sp³-hybridized carbons (Fsp3) is 0.538. The van der Waals surface area contributed by atoms with Gasteiger partial charge in [-0.3, -0.25) is 0 Å². The van der Waals surface area contributed by atoms with Gasteiger partial charge in [0.2, 0.25) is 0 Å². The molecule has 0 saturated heterocycles. The molecule has 1 aromatic carbocycles. The van der Waals surface area contributed by atoms with Crippen molar-refractivity contribution in [1.29, 1.82) is 0 Å². The van der Waals surface area contributed by atoms with E-state index in [1.807, 2.05) is 12.1 Å². The summed E-state index contributed by atoms with van der Waals surface area (Å²) in [6.07, 6.45) is 2.28. The van der Waals surface area contributed by atoms with Gasteiger partial charge in [0.1, 0.15) is 0 Å². The summed E-state index contributed by atoms with van der Waals surface area (Å²) in [7, 11) is 2.12. The van der Waals surface area contributed by atoms with Crippen molar-refractivity contribution in [3.05, 3.63) is 28.2 Å². The maximum atomic E-state index is 9.06. The Balaban J connectivity index is 2.95. The molecule has 0 aliphatic heterocycles. The molecule has 0 aliphatic carbocycles. The lowest BCUT2D eigenvalue weighted by atomic mass is 10.1. The van der Waals surface area contributed by atoms with Gasteiger partial charge in [0.15, 0.2) is 0 Å². The van der Waals surface area contributed by atoms with Gasteiger partial charge >= 0.3 is 0 Å². The van der Waals surface area contributed by atoms with E-state index >= 15 is 0 Å². The molecular formula is C13H20BrNO. The second-order valence-electron chi connectivity index (χ2n) is 4.03. The van der Waals surface area contributed by atoms with Crippen LogP contribution in [-0.4, -0.2) is 18.2 Å². The first-order valence-electron chi connectivity index (χ1n) is 5.76. The Labute approximate surface area is 106 Å². The Kier molecular flexibility index (Phi) is 5.29. The van der Waals surface area contributed by atoms with Crippen LogP contribution in [0.25, 0.3) is 0 Å². The lowest BCUT2D eigenvalue weighted by molar-refractivity contribution is 0.282. The molecule has 1 N–H and O–H groups in total. The van der Waals surface area contributed by atoms with Gasteiger partial charge in [-0.1, -0.05) is 19.9 Å². The summed E-state index contributed by atoms with van der Waals surface area (Å²) >= 11 is 3.56.